The SMILES string of the molecule is CCN(C(=O)C(CN)CC(C)(C)C)C(C)COC. The molecule has 0 heterocycles. The Bertz CT molecular complexity index is 249. The molecule has 0 aliphatic carbocycles. The standard InChI is InChI=1S/C14H30N2O2/c1-7-16(11(2)10-18-6)13(17)12(9-15)8-14(3,4)5/h11-12H,7-10,15H2,1-6H3. The van der Waals surface area contributed by atoms with Crippen LogP contribution in [0, 0.1) is 11.3 Å². The summed E-state index contributed by atoms with van der Waals surface area (Å²) in [7, 11) is 1.66. The highest BCUT2D eigenvalue weighted by Gasteiger charge is 2.29. The molecular formula is C14H30N2O2. The Morgan fingerprint density at radius 2 is 1.94 bits per heavy atom. The van der Waals surface area contributed by atoms with Gasteiger partial charge in [0, 0.05) is 20.2 Å². The van der Waals surface area contributed by atoms with Gasteiger partial charge in [0.15, 0.2) is 0 Å². The average Bonchev–Trinajstić information content (AvgIpc) is 2.25. The van der Waals surface area contributed by atoms with E-state index in [2.05, 4.69) is 20.8 Å². The third-order valence-electron chi connectivity index (χ3n) is 3.06. The average molecular weight is 258 g/mol. The number of amides is 1. The first kappa shape index (κ1) is 17.4. The van der Waals surface area contributed by atoms with E-state index in [4.69, 9.17) is 10.5 Å². The van der Waals surface area contributed by atoms with E-state index in [1.54, 1.807) is 7.11 Å². The Hall–Kier alpha value is -0.610. The summed E-state index contributed by atoms with van der Waals surface area (Å²) in [5, 5.41) is 0. The molecule has 4 heteroatoms. The van der Waals surface area contributed by atoms with Gasteiger partial charge in [-0.15, -0.1) is 0 Å². The zero-order valence-electron chi connectivity index (χ0n) is 12.8. The van der Waals surface area contributed by atoms with Gasteiger partial charge in [0.25, 0.3) is 0 Å². The van der Waals surface area contributed by atoms with Crippen LogP contribution in [0.4, 0.5) is 0 Å². The van der Waals surface area contributed by atoms with Crippen molar-refractivity contribution >= 4 is 5.91 Å². The van der Waals surface area contributed by atoms with E-state index in [9.17, 15) is 4.79 Å². The summed E-state index contributed by atoms with van der Waals surface area (Å²) in [5.41, 5.74) is 5.88. The second-order valence-electron chi connectivity index (χ2n) is 6.13. The first-order chi connectivity index (χ1) is 8.26. The number of nitrogens with two attached hydrogens (primary N) is 1. The molecule has 18 heavy (non-hydrogen) atoms. The van der Waals surface area contributed by atoms with Gasteiger partial charge in [-0.05, 0) is 25.7 Å². The highest BCUT2D eigenvalue weighted by Crippen LogP contribution is 2.25. The van der Waals surface area contributed by atoms with Crippen LogP contribution >= 0.6 is 0 Å². The van der Waals surface area contributed by atoms with Crippen molar-refractivity contribution in [1.82, 2.24) is 4.90 Å². The third-order valence-corrected chi connectivity index (χ3v) is 3.06. The van der Waals surface area contributed by atoms with Gasteiger partial charge < -0.3 is 15.4 Å². The van der Waals surface area contributed by atoms with Gasteiger partial charge >= 0.3 is 0 Å². The van der Waals surface area contributed by atoms with Crippen LogP contribution in [0.5, 0.6) is 0 Å². The molecule has 0 rings (SSSR count). The van der Waals surface area contributed by atoms with Crippen LogP contribution in [-0.4, -0.2) is 43.7 Å². The normalized spacial score (nSPS) is 15.3. The molecular weight excluding hydrogens is 228 g/mol. The van der Waals surface area contributed by atoms with Crippen LogP contribution in [0.3, 0.4) is 0 Å². The lowest BCUT2D eigenvalue weighted by atomic mass is 9.84. The summed E-state index contributed by atoms with van der Waals surface area (Å²) in [6.45, 7) is 12.1. The number of hydrogen-bond acceptors (Lipinski definition) is 3. The number of ether oxygens (including phenoxy) is 1. The van der Waals surface area contributed by atoms with Gasteiger partial charge in [-0.25, -0.2) is 0 Å². The van der Waals surface area contributed by atoms with E-state index < -0.39 is 0 Å². The van der Waals surface area contributed by atoms with E-state index in [-0.39, 0.29) is 23.3 Å². The largest absolute Gasteiger partial charge is 0.383 e. The molecule has 0 bridgehead atoms. The summed E-state index contributed by atoms with van der Waals surface area (Å²) in [4.78, 5) is 14.4. The molecule has 2 atom stereocenters. The molecule has 2 N–H and O–H groups in total. The lowest BCUT2D eigenvalue weighted by molar-refractivity contribution is -0.139. The quantitative estimate of drug-likeness (QED) is 0.758. The molecule has 0 saturated heterocycles. The zero-order valence-corrected chi connectivity index (χ0v) is 12.8. The lowest BCUT2D eigenvalue weighted by Gasteiger charge is -2.33. The maximum atomic E-state index is 12.5. The number of nitrogens with zero attached hydrogens (tertiary/aromatic N) is 1. The van der Waals surface area contributed by atoms with Crippen molar-refractivity contribution in [2.75, 3.05) is 26.8 Å². The first-order valence-electron chi connectivity index (χ1n) is 6.76. The Balaban J connectivity index is 4.73. The fourth-order valence-corrected chi connectivity index (χ4v) is 2.26. The van der Waals surface area contributed by atoms with Gasteiger partial charge in [0.05, 0.1) is 18.6 Å². The van der Waals surface area contributed by atoms with Gasteiger partial charge in [0.2, 0.25) is 5.91 Å². The van der Waals surface area contributed by atoms with Crippen LogP contribution in [-0.2, 0) is 9.53 Å². The topological polar surface area (TPSA) is 55.6 Å². The van der Waals surface area contributed by atoms with Crippen LogP contribution < -0.4 is 5.73 Å². The minimum atomic E-state index is -0.0933. The van der Waals surface area contributed by atoms with Crippen molar-refractivity contribution in [2.45, 2.75) is 47.1 Å². The molecule has 0 radical (unpaired) electrons. The maximum absolute atomic E-state index is 12.5. The molecule has 1 amide bonds. The Morgan fingerprint density at radius 1 is 1.39 bits per heavy atom. The predicted molar refractivity (Wildman–Crippen MR) is 75.3 cm³/mol. The van der Waals surface area contributed by atoms with Crippen LogP contribution in [0.2, 0.25) is 0 Å². The summed E-state index contributed by atoms with van der Waals surface area (Å²) in [6, 6.07) is 0.0986. The van der Waals surface area contributed by atoms with Gasteiger partial charge in [-0.1, -0.05) is 20.8 Å². The highest BCUT2D eigenvalue weighted by atomic mass is 16.5. The minimum absolute atomic E-state index is 0.0933. The van der Waals surface area contributed by atoms with Gasteiger partial charge in [-0.2, -0.15) is 0 Å². The van der Waals surface area contributed by atoms with Crippen molar-refractivity contribution in [2.24, 2.45) is 17.1 Å². The number of rotatable bonds is 7. The molecule has 0 spiro atoms. The van der Waals surface area contributed by atoms with Crippen molar-refractivity contribution in [3.63, 3.8) is 0 Å². The smallest absolute Gasteiger partial charge is 0.227 e. The minimum Gasteiger partial charge on any atom is -0.383 e. The number of likely N-dealkylation sites (N-methyl/N-ethyl adjacent to an activating group) is 1. The molecule has 0 aromatic heterocycles. The Labute approximate surface area is 112 Å². The molecule has 0 fully saturated rings. The van der Waals surface area contributed by atoms with Crippen molar-refractivity contribution in [1.29, 1.82) is 0 Å². The third kappa shape index (κ3) is 5.83. The number of carbonyl (C=O) groups is 1. The van der Waals surface area contributed by atoms with Crippen LogP contribution in [0.15, 0.2) is 0 Å². The van der Waals surface area contributed by atoms with Gasteiger partial charge in [-0.3, -0.25) is 4.79 Å². The molecule has 0 aliphatic rings. The lowest BCUT2D eigenvalue weighted by Crippen LogP contribution is -2.46. The second kappa shape index (κ2) is 7.74. The molecule has 4 nitrogen and oxygen atoms in total. The van der Waals surface area contributed by atoms with E-state index in [0.29, 0.717) is 19.7 Å². The second-order valence-corrected chi connectivity index (χ2v) is 6.13. The fourth-order valence-electron chi connectivity index (χ4n) is 2.26. The van der Waals surface area contributed by atoms with Crippen molar-refractivity contribution in [3.05, 3.63) is 0 Å². The molecule has 108 valence electrons. The molecule has 0 aromatic rings. The molecule has 0 aliphatic heterocycles. The molecule has 2 unspecified atom stereocenters. The molecule has 0 saturated carbocycles. The summed E-state index contributed by atoms with van der Waals surface area (Å²) >= 11 is 0. The molecule has 0 aromatic carbocycles. The fraction of sp³-hybridized carbons (Fsp3) is 0.929. The van der Waals surface area contributed by atoms with E-state index in [0.717, 1.165) is 6.42 Å². The monoisotopic (exact) mass is 258 g/mol. The summed E-state index contributed by atoms with van der Waals surface area (Å²) in [5.74, 6) is 0.0590. The highest BCUT2D eigenvalue weighted by molar-refractivity contribution is 5.79. The van der Waals surface area contributed by atoms with Gasteiger partial charge in [0.1, 0.15) is 0 Å². The number of carbonyl (C=O) groups excluding carboxylic acids is 1. The van der Waals surface area contributed by atoms with Crippen LogP contribution in [0.1, 0.15) is 41.0 Å². The van der Waals surface area contributed by atoms with Crippen molar-refractivity contribution < 1.29 is 9.53 Å². The Morgan fingerprint density at radius 3 is 2.28 bits per heavy atom. The zero-order chi connectivity index (χ0) is 14.3. The number of hydrogen-bond donors (Lipinski definition) is 1. The summed E-state index contributed by atoms with van der Waals surface area (Å²) in [6.07, 6.45) is 0.818. The Kier molecular flexibility index (Phi) is 7.48. The first-order valence-corrected chi connectivity index (χ1v) is 6.76. The number of methoxy groups -OCH3 is 1. The van der Waals surface area contributed by atoms with E-state index in [1.807, 2.05) is 18.7 Å². The summed E-state index contributed by atoms with van der Waals surface area (Å²) < 4.78 is 5.13. The van der Waals surface area contributed by atoms with E-state index in [1.165, 1.54) is 0 Å². The predicted octanol–water partition coefficient (Wildman–Crippen LogP) is 1.88. The van der Waals surface area contributed by atoms with E-state index >= 15 is 0 Å². The maximum Gasteiger partial charge on any atom is 0.227 e. The van der Waals surface area contributed by atoms with Crippen molar-refractivity contribution in [3.8, 4) is 0 Å². The van der Waals surface area contributed by atoms with Crippen LogP contribution in [0.25, 0.3) is 0 Å².